The molecule has 0 fully saturated rings. The molecule has 22 heavy (non-hydrogen) atoms. The Kier molecular flexibility index (Phi) is 5.42. The van der Waals surface area contributed by atoms with Crippen LogP contribution in [0.1, 0.15) is 45.3 Å². The van der Waals surface area contributed by atoms with Gasteiger partial charge >= 0.3 is 0 Å². The van der Waals surface area contributed by atoms with Crippen molar-refractivity contribution in [1.82, 2.24) is 0 Å². The summed E-state index contributed by atoms with van der Waals surface area (Å²) in [5.41, 5.74) is 7.02. The molecule has 0 spiro atoms. The Labute approximate surface area is 132 Å². The van der Waals surface area contributed by atoms with Gasteiger partial charge in [0, 0.05) is 6.54 Å². The SMILES string of the molecule is CCCN1C(=O)C(C(C)C)Oc2ccc(C(O)CCN)cc21. The van der Waals surface area contributed by atoms with E-state index in [1.54, 1.807) is 4.90 Å². The minimum atomic E-state index is -0.614. The van der Waals surface area contributed by atoms with E-state index in [1.807, 2.05) is 39.0 Å². The van der Waals surface area contributed by atoms with Crippen LogP contribution < -0.4 is 15.4 Å². The van der Waals surface area contributed by atoms with Crippen molar-refractivity contribution in [3.63, 3.8) is 0 Å². The lowest BCUT2D eigenvalue weighted by Gasteiger charge is -2.36. The van der Waals surface area contributed by atoms with Crippen LogP contribution in [0.4, 0.5) is 5.69 Å². The van der Waals surface area contributed by atoms with Crippen molar-refractivity contribution >= 4 is 11.6 Å². The predicted octanol–water partition coefficient (Wildman–Crippen LogP) is 2.23. The van der Waals surface area contributed by atoms with E-state index >= 15 is 0 Å². The Balaban J connectivity index is 2.39. The summed E-state index contributed by atoms with van der Waals surface area (Å²) in [6.07, 6.45) is 0.303. The summed E-state index contributed by atoms with van der Waals surface area (Å²) in [4.78, 5) is 14.4. The van der Waals surface area contributed by atoms with Gasteiger partial charge in [-0.05, 0) is 43.0 Å². The van der Waals surface area contributed by atoms with Gasteiger partial charge in [0.1, 0.15) is 5.75 Å². The first-order valence-corrected chi connectivity index (χ1v) is 7.99. The minimum Gasteiger partial charge on any atom is -0.478 e. The van der Waals surface area contributed by atoms with Gasteiger partial charge < -0.3 is 20.5 Å². The lowest BCUT2D eigenvalue weighted by Crippen LogP contribution is -2.48. The quantitative estimate of drug-likeness (QED) is 0.845. The zero-order chi connectivity index (χ0) is 16.3. The Morgan fingerprint density at radius 2 is 2.14 bits per heavy atom. The van der Waals surface area contributed by atoms with Gasteiger partial charge in [0.15, 0.2) is 6.10 Å². The van der Waals surface area contributed by atoms with Crippen molar-refractivity contribution < 1.29 is 14.6 Å². The maximum Gasteiger partial charge on any atom is 0.268 e. The number of benzene rings is 1. The molecule has 0 aliphatic carbocycles. The van der Waals surface area contributed by atoms with Gasteiger partial charge in [-0.1, -0.05) is 26.8 Å². The van der Waals surface area contributed by atoms with Crippen LogP contribution in [0, 0.1) is 5.92 Å². The monoisotopic (exact) mass is 306 g/mol. The van der Waals surface area contributed by atoms with Gasteiger partial charge in [-0.2, -0.15) is 0 Å². The molecule has 1 aliphatic rings. The molecule has 122 valence electrons. The van der Waals surface area contributed by atoms with Gasteiger partial charge in [-0.25, -0.2) is 0 Å². The second kappa shape index (κ2) is 7.11. The molecular formula is C17H26N2O3. The van der Waals surface area contributed by atoms with E-state index in [0.717, 1.165) is 17.7 Å². The fraction of sp³-hybridized carbons (Fsp3) is 0.588. The number of aliphatic hydroxyl groups excluding tert-OH is 1. The number of hydrogen-bond donors (Lipinski definition) is 2. The van der Waals surface area contributed by atoms with Crippen molar-refractivity contribution in [3.8, 4) is 5.75 Å². The van der Waals surface area contributed by atoms with E-state index in [4.69, 9.17) is 10.5 Å². The van der Waals surface area contributed by atoms with Gasteiger partial charge in [0.05, 0.1) is 11.8 Å². The molecule has 0 bridgehead atoms. The number of anilines is 1. The first kappa shape index (κ1) is 16.8. The van der Waals surface area contributed by atoms with Crippen LogP contribution in [0.15, 0.2) is 18.2 Å². The number of aliphatic hydroxyl groups is 1. The number of nitrogens with two attached hydrogens (primary N) is 1. The summed E-state index contributed by atoms with van der Waals surface area (Å²) in [5, 5.41) is 10.1. The van der Waals surface area contributed by atoms with Crippen molar-refractivity contribution in [3.05, 3.63) is 23.8 Å². The van der Waals surface area contributed by atoms with Crippen LogP contribution in [-0.2, 0) is 4.79 Å². The fourth-order valence-electron chi connectivity index (χ4n) is 2.71. The van der Waals surface area contributed by atoms with Crippen molar-refractivity contribution in [1.29, 1.82) is 0 Å². The third-order valence-electron chi connectivity index (χ3n) is 3.91. The summed E-state index contributed by atoms with van der Waals surface area (Å²) >= 11 is 0. The average Bonchev–Trinajstić information content (AvgIpc) is 2.49. The van der Waals surface area contributed by atoms with Crippen molar-refractivity contribution in [2.75, 3.05) is 18.0 Å². The van der Waals surface area contributed by atoms with Gasteiger partial charge in [0.2, 0.25) is 0 Å². The summed E-state index contributed by atoms with van der Waals surface area (Å²) in [5.74, 6) is 0.813. The highest BCUT2D eigenvalue weighted by Crippen LogP contribution is 2.38. The molecule has 1 heterocycles. The summed E-state index contributed by atoms with van der Waals surface area (Å²) in [7, 11) is 0. The molecule has 5 nitrogen and oxygen atoms in total. The van der Waals surface area contributed by atoms with Crippen LogP contribution >= 0.6 is 0 Å². The summed E-state index contributed by atoms with van der Waals surface area (Å²) < 4.78 is 5.88. The molecule has 1 amide bonds. The Bertz CT molecular complexity index is 531. The number of carbonyl (C=O) groups is 1. The molecule has 0 saturated carbocycles. The number of carbonyl (C=O) groups excluding carboxylic acids is 1. The maximum atomic E-state index is 12.6. The molecule has 1 aliphatic heterocycles. The molecule has 5 heteroatoms. The topological polar surface area (TPSA) is 75.8 Å². The van der Waals surface area contributed by atoms with E-state index in [2.05, 4.69) is 0 Å². The number of ether oxygens (including phenoxy) is 1. The van der Waals surface area contributed by atoms with E-state index in [-0.39, 0.29) is 11.8 Å². The maximum absolute atomic E-state index is 12.6. The summed E-state index contributed by atoms with van der Waals surface area (Å²) in [6, 6.07) is 5.53. The minimum absolute atomic E-state index is 0.00480. The lowest BCUT2D eigenvalue weighted by atomic mass is 10.0. The highest BCUT2D eigenvalue weighted by Gasteiger charge is 2.36. The lowest BCUT2D eigenvalue weighted by molar-refractivity contribution is -0.128. The molecule has 1 aromatic rings. The molecule has 1 aromatic carbocycles. The number of rotatable bonds is 6. The van der Waals surface area contributed by atoms with E-state index in [0.29, 0.717) is 25.3 Å². The number of fused-ring (bicyclic) bond motifs is 1. The largest absolute Gasteiger partial charge is 0.478 e. The van der Waals surface area contributed by atoms with Crippen LogP contribution in [0.3, 0.4) is 0 Å². The van der Waals surface area contributed by atoms with Gasteiger partial charge in [-0.3, -0.25) is 4.79 Å². The normalized spacial score (nSPS) is 19.1. The molecule has 2 rings (SSSR count). The van der Waals surface area contributed by atoms with Crippen LogP contribution in [0.5, 0.6) is 5.75 Å². The van der Waals surface area contributed by atoms with E-state index in [1.165, 1.54) is 0 Å². The molecule has 0 saturated heterocycles. The van der Waals surface area contributed by atoms with E-state index in [9.17, 15) is 9.90 Å². The number of amides is 1. The first-order valence-electron chi connectivity index (χ1n) is 7.99. The molecule has 2 atom stereocenters. The molecule has 0 radical (unpaired) electrons. The van der Waals surface area contributed by atoms with Crippen LogP contribution in [-0.4, -0.2) is 30.2 Å². The number of hydrogen-bond acceptors (Lipinski definition) is 4. The standard InChI is InChI=1S/C17H26N2O3/c1-4-9-19-13-10-12(14(20)7-8-18)5-6-15(13)22-16(11(2)3)17(19)21/h5-6,10-11,14,16,20H,4,7-9,18H2,1-3H3. The molecular weight excluding hydrogens is 280 g/mol. The summed E-state index contributed by atoms with van der Waals surface area (Å²) in [6.45, 7) is 7.07. The molecule has 3 N–H and O–H groups in total. The van der Waals surface area contributed by atoms with Gasteiger partial charge in [-0.15, -0.1) is 0 Å². The number of nitrogens with zero attached hydrogens (tertiary/aromatic N) is 1. The smallest absolute Gasteiger partial charge is 0.268 e. The van der Waals surface area contributed by atoms with E-state index < -0.39 is 12.2 Å². The average molecular weight is 306 g/mol. The highest BCUT2D eigenvalue weighted by atomic mass is 16.5. The molecule has 0 aromatic heterocycles. The molecule has 2 unspecified atom stereocenters. The van der Waals surface area contributed by atoms with Crippen LogP contribution in [0.2, 0.25) is 0 Å². The predicted molar refractivity (Wildman–Crippen MR) is 87.0 cm³/mol. The zero-order valence-electron chi connectivity index (χ0n) is 13.6. The third kappa shape index (κ3) is 3.25. The highest BCUT2D eigenvalue weighted by molar-refractivity contribution is 6.00. The second-order valence-corrected chi connectivity index (χ2v) is 6.09. The van der Waals surface area contributed by atoms with Crippen LogP contribution in [0.25, 0.3) is 0 Å². The Morgan fingerprint density at radius 1 is 1.41 bits per heavy atom. The zero-order valence-corrected chi connectivity index (χ0v) is 13.6. The fourth-order valence-corrected chi connectivity index (χ4v) is 2.71. The van der Waals surface area contributed by atoms with Crippen molar-refractivity contribution in [2.24, 2.45) is 11.7 Å². The second-order valence-electron chi connectivity index (χ2n) is 6.09. The Hall–Kier alpha value is -1.59. The first-order chi connectivity index (χ1) is 10.5. The van der Waals surface area contributed by atoms with Crippen molar-refractivity contribution in [2.45, 2.75) is 45.8 Å². The van der Waals surface area contributed by atoms with Gasteiger partial charge in [0.25, 0.3) is 5.91 Å². The Morgan fingerprint density at radius 3 is 2.73 bits per heavy atom. The third-order valence-corrected chi connectivity index (χ3v) is 3.91.